The summed E-state index contributed by atoms with van der Waals surface area (Å²) >= 11 is 0. The maximum Gasteiger partial charge on any atom is 0.268 e. The standard InChI is InChI=1S/C16H18N2O5/c1-5-6-18-10-8-12(23-4)11(22-3)7-9(10)14(19)13(16(18)21)15(20)17-2/h5,7-8,19H,1,6H2,2-4H3,(H,17,20). The van der Waals surface area contributed by atoms with Crippen molar-refractivity contribution < 1.29 is 19.4 Å². The van der Waals surface area contributed by atoms with Gasteiger partial charge in [0.1, 0.15) is 11.3 Å². The Morgan fingerprint density at radius 2 is 1.96 bits per heavy atom. The first-order valence-corrected chi connectivity index (χ1v) is 6.84. The van der Waals surface area contributed by atoms with Gasteiger partial charge in [0.15, 0.2) is 11.5 Å². The van der Waals surface area contributed by atoms with Crippen LogP contribution in [0.2, 0.25) is 0 Å². The Balaban J connectivity index is 3.00. The summed E-state index contributed by atoms with van der Waals surface area (Å²) in [6, 6.07) is 3.10. The molecule has 2 rings (SSSR count). The van der Waals surface area contributed by atoms with E-state index >= 15 is 0 Å². The summed E-state index contributed by atoms with van der Waals surface area (Å²) < 4.78 is 11.8. The van der Waals surface area contributed by atoms with E-state index in [-0.39, 0.29) is 12.1 Å². The normalized spacial score (nSPS) is 10.4. The number of hydrogen-bond donors (Lipinski definition) is 2. The van der Waals surface area contributed by atoms with Crippen LogP contribution in [0.5, 0.6) is 17.2 Å². The number of pyridine rings is 1. The highest BCUT2D eigenvalue weighted by Crippen LogP contribution is 2.36. The van der Waals surface area contributed by atoms with Gasteiger partial charge in [-0.1, -0.05) is 6.08 Å². The molecule has 0 fully saturated rings. The summed E-state index contributed by atoms with van der Waals surface area (Å²) in [6.45, 7) is 3.79. The van der Waals surface area contributed by atoms with E-state index < -0.39 is 17.2 Å². The van der Waals surface area contributed by atoms with Gasteiger partial charge in [0.25, 0.3) is 11.5 Å². The van der Waals surface area contributed by atoms with E-state index in [0.29, 0.717) is 22.4 Å². The molecule has 0 spiro atoms. The van der Waals surface area contributed by atoms with Crippen molar-refractivity contribution in [3.8, 4) is 17.2 Å². The zero-order valence-corrected chi connectivity index (χ0v) is 13.2. The molecule has 0 aliphatic rings. The molecule has 0 saturated carbocycles. The van der Waals surface area contributed by atoms with Crippen molar-refractivity contribution in [1.82, 2.24) is 9.88 Å². The molecule has 0 unspecified atom stereocenters. The average molecular weight is 318 g/mol. The number of allylic oxidation sites excluding steroid dienone is 1. The second-order valence-corrected chi connectivity index (χ2v) is 4.73. The molecule has 0 radical (unpaired) electrons. The highest BCUT2D eigenvalue weighted by Gasteiger charge is 2.22. The van der Waals surface area contributed by atoms with Crippen molar-refractivity contribution in [3.63, 3.8) is 0 Å². The Kier molecular flexibility index (Phi) is 4.59. The Bertz CT molecular complexity index is 839. The number of hydrogen-bond acceptors (Lipinski definition) is 5. The molecule has 7 heteroatoms. The molecule has 7 nitrogen and oxygen atoms in total. The van der Waals surface area contributed by atoms with Gasteiger partial charge in [0.2, 0.25) is 0 Å². The second kappa shape index (κ2) is 6.43. The van der Waals surface area contributed by atoms with E-state index in [1.165, 1.54) is 38.0 Å². The number of rotatable bonds is 5. The Morgan fingerprint density at radius 1 is 1.35 bits per heavy atom. The summed E-state index contributed by atoms with van der Waals surface area (Å²) in [5.74, 6) is -0.279. The number of benzene rings is 1. The highest BCUT2D eigenvalue weighted by molar-refractivity contribution is 6.02. The van der Waals surface area contributed by atoms with E-state index in [1.807, 2.05) is 0 Å². The van der Waals surface area contributed by atoms with Crippen molar-refractivity contribution in [1.29, 1.82) is 0 Å². The third-order valence-corrected chi connectivity index (χ3v) is 3.51. The minimum atomic E-state index is -0.665. The van der Waals surface area contributed by atoms with Gasteiger partial charge in [-0.15, -0.1) is 6.58 Å². The van der Waals surface area contributed by atoms with Crippen LogP contribution in [0.4, 0.5) is 0 Å². The molecule has 1 aromatic carbocycles. The number of nitrogens with one attached hydrogen (secondary N) is 1. The molecule has 0 aliphatic heterocycles. The molecule has 1 amide bonds. The topological polar surface area (TPSA) is 89.8 Å². The van der Waals surface area contributed by atoms with Crippen LogP contribution in [-0.4, -0.2) is 36.8 Å². The number of carbonyl (C=O) groups excluding carboxylic acids is 1. The van der Waals surface area contributed by atoms with E-state index in [0.717, 1.165) is 0 Å². The quantitative estimate of drug-likeness (QED) is 0.810. The maximum atomic E-state index is 12.6. The number of carbonyl (C=O) groups is 1. The van der Waals surface area contributed by atoms with Crippen LogP contribution in [0, 0.1) is 0 Å². The Hall–Kier alpha value is -2.96. The van der Waals surface area contributed by atoms with Crippen LogP contribution in [0.25, 0.3) is 10.9 Å². The number of aromatic hydroxyl groups is 1. The average Bonchev–Trinajstić information content (AvgIpc) is 2.57. The monoisotopic (exact) mass is 318 g/mol. The van der Waals surface area contributed by atoms with Crippen LogP contribution in [0.3, 0.4) is 0 Å². The van der Waals surface area contributed by atoms with Crippen molar-refractivity contribution in [2.75, 3.05) is 21.3 Å². The van der Waals surface area contributed by atoms with Gasteiger partial charge in [0, 0.05) is 25.0 Å². The Labute approximate surface area is 132 Å². The van der Waals surface area contributed by atoms with Crippen LogP contribution in [0.1, 0.15) is 10.4 Å². The third kappa shape index (κ3) is 2.61. The first-order valence-electron chi connectivity index (χ1n) is 6.84. The van der Waals surface area contributed by atoms with Gasteiger partial charge < -0.3 is 24.5 Å². The van der Waals surface area contributed by atoms with Crippen molar-refractivity contribution >= 4 is 16.8 Å². The number of ether oxygens (including phenoxy) is 2. The predicted molar refractivity (Wildman–Crippen MR) is 86.6 cm³/mol. The van der Waals surface area contributed by atoms with E-state index in [9.17, 15) is 14.7 Å². The molecule has 0 bridgehead atoms. The summed E-state index contributed by atoms with van der Waals surface area (Å²) in [6.07, 6.45) is 1.53. The van der Waals surface area contributed by atoms with E-state index in [1.54, 1.807) is 6.07 Å². The summed E-state index contributed by atoms with van der Waals surface area (Å²) in [5, 5.41) is 13.1. The van der Waals surface area contributed by atoms with Crippen molar-refractivity contribution in [2.45, 2.75) is 6.54 Å². The third-order valence-electron chi connectivity index (χ3n) is 3.51. The SMILES string of the molecule is C=CCn1c(=O)c(C(=O)NC)c(O)c2cc(OC)c(OC)cc21. The smallest absolute Gasteiger partial charge is 0.268 e. The number of amides is 1. The van der Waals surface area contributed by atoms with Gasteiger partial charge in [-0.05, 0) is 6.07 Å². The van der Waals surface area contributed by atoms with Crippen LogP contribution in [-0.2, 0) is 6.54 Å². The number of nitrogens with zero attached hydrogens (tertiary/aromatic N) is 1. The minimum Gasteiger partial charge on any atom is -0.506 e. The highest BCUT2D eigenvalue weighted by atomic mass is 16.5. The maximum absolute atomic E-state index is 12.6. The fourth-order valence-electron chi connectivity index (χ4n) is 2.40. The molecule has 1 heterocycles. The molecule has 2 N–H and O–H groups in total. The Morgan fingerprint density at radius 3 is 2.48 bits per heavy atom. The second-order valence-electron chi connectivity index (χ2n) is 4.73. The zero-order valence-electron chi connectivity index (χ0n) is 13.2. The lowest BCUT2D eigenvalue weighted by molar-refractivity contribution is 0.0958. The molecule has 1 aromatic heterocycles. The fourth-order valence-corrected chi connectivity index (χ4v) is 2.40. The summed E-state index contributed by atoms with van der Waals surface area (Å²) in [4.78, 5) is 24.5. The van der Waals surface area contributed by atoms with Gasteiger partial charge in [0.05, 0.1) is 19.7 Å². The molecule has 0 aliphatic carbocycles. The van der Waals surface area contributed by atoms with Gasteiger partial charge in [-0.25, -0.2) is 0 Å². The molecular weight excluding hydrogens is 300 g/mol. The van der Waals surface area contributed by atoms with Crippen LogP contribution < -0.4 is 20.3 Å². The van der Waals surface area contributed by atoms with Crippen LogP contribution >= 0.6 is 0 Å². The van der Waals surface area contributed by atoms with Gasteiger partial charge in [-0.3, -0.25) is 9.59 Å². The van der Waals surface area contributed by atoms with Crippen molar-refractivity contribution in [2.24, 2.45) is 0 Å². The predicted octanol–water partition coefficient (Wildman–Crippen LogP) is 1.27. The van der Waals surface area contributed by atoms with Crippen molar-refractivity contribution in [3.05, 3.63) is 40.7 Å². The first kappa shape index (κ1) is 16.4. The molecule has 2 aromatic rings. The lowest BCUT2D eigenvalue weighted by Crippen LogP contribution is -2.31. The van der Waals surface area contributed by atoms with E-state index in [4.69, 9.17) is 9.47 Å². The van der Waals surface area contributed by atoms with E-state index in [2.05, 4.69) is 11.9 Å². The molecule has 0 saturated heterocycles. The van der Waals surface area contributed by atoms with Gasteiger partial charge >= 0.3 is 0 Å². The van der Waals surface area contributed by atoms with Crippen LogP contribution in [0.15, 0.2) is 29.6 Å². The molecular formula is C16H18N2O5. The number of aromatic nitrogens is 1. The lowest BCUT2D eigenvalue weighted by atomic mass is 10.1. The first-order chi connectivity index (χ1) is 11.0. The molecule has 122 valence electrons. The molecule has 0 atom stereocenters. The number of fused-ring (bicyclic) bond motifs is 1. The molecule has 23 heavy (non-hydrogen) atoms. The van der Waals surface area contributed by atoms with Gasteiger partial charge in [-0.2, -0.15) is 0 Å². The summed E-state index contributed by atoms with van der Waals surface area (Å²) in [5.41, 5.74) is -0.520. The summed E-state index contributed by atoms with van der Waals surface area (Å²) in [7, 11) is 4.32. The number of methoxy groups -OCH3 is 2. The zero-order chi connectivity index (χ0) is 17.1. The fraction of sp³-hybridized carbons (Fsp3) is 0.250. The lowest BCUT2D eigenvalue weighted by Gasteiger charge is -2.16. The largest absolute Gasteiger partial charge is 0.506 e. The minimum absolute atomic E-state index is 0.176.